The van der Waals surface area contributed by atoms with Crippen molar-refractivity contribution in [3.05, 3.63) is 72.2 Å². The van der Waals surface area contributed by atoms with Gasteiger partial charge in [0.1, 0.15) is 11.9 Å². The monoisotopic (exact) mass is 423 g/mol. The number of ether oxygens (including phenoxy) is 1. The third kappa shape index (κ3) is 3.72. The first-order chi connectivity index (χ1) is 15.6. The van der Waals surface area contributed by atoms with Gasteiger partial charge in [0.05, 0.1) is 30.5 Å². The van der Waals surface area contributed by atoms with Crippen LogP contribution in [0.3, 0.4) is 0 Å². The number of morpholine rings is 1. The summed E-state index contributed by atoms with van der Waals surface area (Å²) in [5.41, 5.74) is 6.74. The first-order valence-electron chi connectivity index (χ1n) is 10.9. The Balaban J connectivity index is 1.59. The SMILES string of the molecule is CC(C)c1ccc(-c2cc(-c3ccc(N4CCOCC4)nc3)c3c(C#N)cnn3c2)cc1. The Hall–Kier alpha value is -3.69. The maximum absolute atomic E-state index is 9.64. The largest absolute Gasteiger partial charge is 0.378 e. The Kier molecular flexibility index (Phi) is 5.34. The second-order valence-electron chi connectivity index (χ2n) is 8.39. The van der Waals surface area contributed by atoms with Crippen LogP contribution in [0.25, 0.3) is 27.8 Å². The normalized spacial score (nSPS) is 14.1. The number of pyridine rings is 2. The molecule has 0 aliphatic carbocycles. The molecule has 0 N–H and O–H groups in total. The fourth-order valence-electron chi connectivity index (χ4n) is 4.17. The Labute approximate surface area is 187 Å². The molecule has 1 aliphatic rings. The van der Waals surface area contributed by atoms with E-state index in [9.17, 15) is 5.26 Å². The van der Waals surface area contributed by atoms with E-state index in [-0.39, 0.29) is 0 Å². The van der Waals surface area contributed by atoms with Gasteiger partial charge in [-0.1, -0.05) is 38.1 Å². The molecule has 1 aliphatic heterocycles. The maximum Gasteiger partial charge on any atom is 0.128 e. The van der Waals surface area contributed by atoms with Crippen molar-refractivity contribution in [3.63, 3.8) is 0 Å². The molecule has 6 heteroatoms. The summed E-state index contributed by atoms with van der Waals surface area (Å²) in [4.78, 5) is 6.95. The van der Waals surface area contributed by atoms with E-state index in [0.717, 1.165) is 59.9 Å². The Morgan fingerprint density at radius 1 is 0.969 bits per heavy atom. The van der Waals surface area contributed by atoms with Gasteiger partial charge in [0.25, 0.3) is 0 Å². The Bertz CT molecular complexity index is 1280. The predicted octanol–water partition coefficient (Wildman–Crippen LogP) is 4.89. The number of nitrogens with zero attached hydrogens (tertiary/aromatic N) is 5. The predicted molar refractivity (Wildman–Crippen MR) is 126 cm³/mol. The molecule has 0 unspecified atom stereocenters. The van der Waals surface area contributed by atoms with Crippen molar-refractivity contribution in [2.45, 2.75) is 19.8 Å². The van der Waals surface area contributed by atoms with Crippen LogP contribution in [0.15, 0.2) is 61.1 Å². The van der Waals surface area contributed by atoms with Gasteiger partial charge in [0, 0.05) is 42.2 Å². The van der Waals surface area contributed by atoms with Crippen LogP contribution in [-0.2, 0) is 4.74 Å². The molecular weight excluding hydrogens is 398 g/mol. The molecule has 4 aromatic rings. The van der Waals surface area contributed by atoms with Crippen molar-refractivity contribution >= 4 is 11.3 Å². The van der Waals surface area contributed by atoms with Gasteiger partial charge in [-0.05, 0) is 35.2 Å². The summed E-state index contributed by atoms with van der Waals surface area (Å²) in [6.07, 6.45) is 5.50. The summed E-state index contributed by atoms with van der Waals surface area (Å²) in [7, 11) is 0. The van der Waals surface area contributed by atoms with E-state index in [1.165, 1.54) is 5.56 Å². The average Bonchev–Trinajstić information content (AvgIpc) is 3.27. The molecule has 0 amide bonds. The van der Waals surface area contributed by atoms with Crippen LogP contribution < -0.4 is 4.90 Å². The van der Waals surface area contributed by atoms with Crippen molar-refractivity contribution in [2.75, 3.05) is 31.2 Å². The van der Waals surface area contributed by atoms with Crippen molar-refractivity contribution in [1.29, 1.82) is 5.26 Å². The zero-order valence-corrected chi connectivity index (χ0v) is 18.3. The van der Waals surface area contributed by atoms with Crippen molar-refractivity contribution in [2.24, 2.45) is 0 Å². The summed E-state index contributed by atoms with van der Waals surface area (Å²) in [6.45, 7) is 7.53. The standard InChI is InChI=1S/C26H25N5O/c1-18(2)19-3-5-20(6-4-19)22-13-24(26-23(14-27)16-29-31(26)17-22)21-7-8-25(28-15-21)30-9-11-32-12-10-30/h3-8,13,15-18H,9-12H2,1-2H3. The average molecular weight is 424 g/mol. The number of hydrogen-bond acceptors (Lipinski definition) is 5. The highest BCUT2D eigenvalue weighted by Crippen LogP contribution is 2.33. The van der Waals surface area contributed by atoms with Gasteiger partial charge in [-0.25, -0.2) is 9.50 Å². The summed E-state index contributed by atoms with van der Waals surface area (Å²) in [5.74, 6) is 1.44. The van der Waals surface area contributed by atoms with Crippen LogP contribution in [0.4, 0.5) is 5.82 Å². The summed E-state index contributed by atoms with van der Waals surface area (Å²) in [5, 5.41) is 14.1. The van der Waals surface area contributed by atoms with Crippen LogP contribution >= 0.6 is 0 Å². The second kappa shape index (κ2) is 8.45. The number of aromatic nitrogens is 3. The topological polar surface area (TPSA) is 66.5 Å². The van der Waals surface area contributed by atoms with E-state index >= 15 is 0 Å². The van der Waals surface area contributed by atoms with Crippen LogP contribution in [0.1, 0.15) is 30.9 Å². The van der Waals surface area contributed by atoms with Gasteiger partial charge >= 0.3 is 0 Å². The van der Waals surface area contributed by atoms with Crippen LogP contribution in [0, 0.1) is 11.3 Å². The second-order valence-corrected chi connectivity index (χ2v) is 8.39. The Morgan fingerprint density at radius 3 is 2.38 bits per heavy atom. The smallest absolute Gasteiger partial charge is 0.128 e. The first-order valence-corrected chi connectivity index (χ1v) is 10.9. The molecule has 4 heterocycles. The molecule has 5 rings (SSSR count). The molecule has 0 atom stereocenters. The lowest BCUT2D eigenvalue weighted by Crippen LogP contribution is -2.36. The molecule has 160 valence electrons. The summed E-state index contributed by atoms with van der Waals surface area (Å²) >= 11 is 0. The zero-order valence-electron chi connectivity index (χ0n) is 18.3. The van der Waals surface area contributed by atoms with E-state index in [0.29, 0.717) is 11.5 Å². The maximum atomic E-state index is 9.64. The number of anilines is 1. The van der Waals surface area contributed by atoms with E-state index in [1.54, 1.807) is 10.7 Å². The van der Waals surface area contributed by atoms with Crippen molar-refractivity contribution in [3.8, 4) is 28.3 Å². The third-order valence-corrected chi connectivity index (χ3v) is 6.04. The summed E-state index contributed by atoms with van der Waals surface area (Å²) in [6, 6.07) is 17.2. The van der Waals surface area contributed by atoms with E-state index < -0.39 is 0 Å². The summed E-state index contributed by atoms with van der Waals surface area (Å²) < 4.78 is 7.25. The van der Waals surface area contributed by atoms with E-state index in [4.69, 9.17) is 9.72 Å². The quantitative estimate of drug-likeness (QED) is 0.467. The molecule has 6 nitrogen and oxygen atoms in total. The lowest BCUT2D eigenvalue weighted by molar-refractivity contribution is 0.122. The van der Waals surface area contributed by atoms with Gasteiger partial charge in [-0.15, -0.1) is 0 Å². The number of nitriles is 1. The number of fused-ring (bicyclic) bond motifs is 1. The minimum atomic E-state index is 0.488. The van der Waals surface area contributed by atoms with Gasteiger partial charge < -0.3 is 9.64 Å². The van der Waals surface area contributed by atoms with Crippen molar-refractivity contribution in [1.82, 2.24) is 14.6 Å². The molecule has 0 bridgehead atoms. The van der Waals surface area contributed by atoms with E-state index in [1.807, 2.05) is 18.5 Å². The molecule has 1 fully saturated rings. The molecule has 1 saturated heterocycles. The minimum absolute atomic E-state index is 0.488. The fraction of sp³-hybridized carbons (Fsp3) is 0.269. The van der Waals surface area contributed by atoms with Crippen LogP contribution in [0.5, 0.6) is 0 Å². The Morgan fingerprint density at radius 2 is 1.72 bits per heavy atom. The van der Waals surface area contributed by atoms with Gasteiger partial charge in [0.2, 0.25) is 0 Å². The van der Waals surface area contributed by atoms with Gasteiger partial charge in [-0.2, -0.15) is 10.4 Å². The molecule has 3 aromatic heterocycles. The van der Waals surface area contributed by atoms with Crippen LogP contribution in [-0.4, -0.2) is 40.9 Å². The minimum Gasteiger partial charge on any atom is -0.378 e. The highest BCUT2D eigenvalue weighted by Gasteiger charge is 2.16. The molecule has 0 spiro atoms. The zero-order chi connectivity index (χ0) is 22.1. The molecule has 32 heavy (non-hydrogen) atoms. The van der Waals surface area contributed by atoms with Crippen LogP contribution in [0.2, 0.25) is 0 Å². The number of benzene rings is 1. The van der Waals surface area contributed by atoms with E-state index in [2.05, 4.69) is 66.3 Å². The highest BCUT2D eigenvalue weighted by atomic mass is 16.5. The third-order valence-electron chi connectivity index (χ3n) is 6.04. The highest BCUT2D eigenvalue weighted by molar-refractivity contribution is 5.87. The fourth-order valence-corrected chi connectivity index (χ4v) is 4.17. The number of hydrogen-bond donors (Lipinski definition) is 0. The lowest BCUT2D eigenvalue weighted by atomic mass is 9.97. The number of rotatable bonds is 4. The lowest BCUT2D eigenvalue weighted by Gasteiger charge is -2.27. The van der Waals surface area contributed by atoms with Gasteiger partial charge in [0.15, 0.2) is 0 Å². The molecule has 1 aromatic carbocycles. The molecule has 0 saturated carbocycles. The molecular formula is C26H25N5O. The van der Waals surface area contributed by atoms with Crippen molar-refractivity contribution < 1.29 is 4.74 Å². The van der Waals surface area contributed by atoms with Gasteiger partial charge in [-0.3, -0.25) is 0 Å². The first kappa shape index (κ1) is 20.2. The molecule has 0 radical (unpaired) electrons.